The molecule has 0 radical (unpaired) electrons. The summed E-state index contributed by atoms with van der Waals surface area (Å²) in [5.74, 6) is 0.371. The normalized spacial score (nSPS) is 14.3. The molecule has 5 rings (SSSR count). The lowest BCUT2D eigenvalue weighted by molar-refractivity contribution is 0.242. The first-order chi connectivity index (χ1) is 13.7. The molecule has 1 aliphatic heterocycles. The van der Waals surface area contributed by atoms with Gasteiger partial charge in [-0.25, -0.2) is 9.37 Å². The summed E-state index contributed by atoms with van der Waals surface area (Å²) in [6, 6.07) is 14.5. The van der Waals surface area contributed by atoms with Gasteiger partial charge in [-0.05, 0) is 23.8 Å². The predicted octanol–water partition coefficient (Wildman–Crippen LogP) is 3.62. The minimum atomic E-state index is -0.250. The number of aromatic amines is 2. The van der Waals surface area contributed by atoms with E-state index in [9.17, 15) is 9.18 Å². The number of hydrogen-bond acceptors (Lipinski definition) is 3. The molecule has 28 heavy (non-hydrogen) atoms. The SMILES string of the molecule is O=c1[nH]c(-c2ccccc2)nc2c1CN(Cc1c[nH]c3cc(F)ccc13)CC2. The number of hydrogen-bond donors (Lipinski definition) is 2. The third kappa shape index (κ3) is 3.01. The summed E-state index contributed by atoms with van der Waals surface area (Å²) in [6.45, 7) is 2.08. The van der Waals surface area contributed by atoms with Crippen molar-refractivity contribution in [1.82, 2.24) is 19.9 Å². The van der Waals surface area contributed by atoms with Crippen LogP contribution in [0.3, 0.4) is 0 Å². The summed E-state index contributed by atoms with van der Waals surface area (Å²) in [7, 11) is 0. The highest BCUT2D eigenvalue weighted by atomic mass is 19.1. The third-order valence-corrected chi connectivity index (χ3v) is 5.32. The Labute approximate surface area is 160 Å². The van der Waals surface area contributed by atoms with Gasteiger partial charge >= 0.3 is 0 Å². The molecule has 0 amide bonds. The van der Waals surface area contributed by atoms with Crippen molar-refractivity contribution in [1.29, 1.82) is 0 Å². The zero-order chi connectivity index (χ0) is 19.1. The molecule has 0 unspecified atom stereocenters. The van der Waals surface area contributed by atoms with E-state index >= 15 is 0 Å². The number of fused-ring (bicyclic) bond motifs is 2. The van der Waals surface area contributed by atoms with Gasteiger partial charge in [-0.1, -0.05) is 30.3 Å². The predicted molar refractivity (Wildman–Crippen MR) is 106 cm³/mol. The molecule has 0 saturated carbocycles. The average molecular weight is 374 g/mol. The maximum atomic E-state index is 13.4. The maximum Gasteiger partial charge on any atom is 0.255 e. The van der Waals surface area contributed by atoms with Crippen LogP contribution in [0, 0.1) is 5.82 Å². The van der Waals surface area contributed by atoms with Gasteiger partial charge in [0.05, 0.1) is 11.3 Å². The number of rotatable bonds is 3. The lowest BCUT2D eigenvalue weighted by atomic mass is 10.0. The van der Waals surface area contributed by atoms with E-state index in [1.54, 1.807) is 6.07 Å². The molecule has 1 aliphatic rings. The van der Waals surface area contributed by atoms with Crippen LogP contribution in [0.25, 0.3) is 22.3 Å². The zero-order valence-corrected chi connectivity index (χ0v) is 15.2. The lowest BCUT2D eigenvalue weighted by Gasteiger charge is -2.27. The van der Waals surface area contributed by atoms with Gasteiger partial charge in [0.25, 0.3) is 5.56 Å². The Balaban J connectivity index is 1.41. The number of halogens is 1. The van der Waals surface area contributed by atoms with E-state index in [0.717, 1.165) is 46.3 Å². The quantitative estimate of drug-likeness (QED) is 0.576. The van der Waals surface area contributed by atoms with Gasteiger partial charge in [0, 0.05) is 48.7 Å². The number of benzene rings is 2. The van der Waals surface area contributed by atoms with E-state index in [0.29, 0.717) is 18.9 Å². The Morgan fingerprint density at radius 3 is 2.86 bits per heavy atom. The van der Waals surface area contributed by atoms with Crippen LogP contribution in [0.1, 0.15) is 16.8 Å². The number of nitrogens with zero attached hydrogens (tertiary/aromatic N) is 2. The van der Waals surface area contributed by atoms with Crippen molar-refractivity contribution in [3.8, 4) is 11.4 Å². The largest absolute Gasteiger partial charge is 0.361 e. The molecular formula is C22H19FN4O. The summed E-state index contributed by atoms with van der Waals surface area (Å²) in [5.41, 5.74) is 4.34. The molecule has 0 atom stereocenters. The van der Waals surface area contributed by atoms with Crippen molar-refractivity contribution in [2.24, 2.45) is 0 Å². The van der Waals surface area contributed by atoms with Crippen LogP contribution in [0.4, 0.5) is 4.39 Å². The highest BCUT2D eigenvalue weighted by Gasteiger charge is 2.22. The van der Waals surface area contributed by atoms with Crippen LogP contribution < -0.4 is 5.56 Å². The highest BCUT2D eigenvalue weighted by molar-refractivity contribution is 5.83. The molecule has 0 spiro atoms. The fourth-order valence-electron chi connectivity index (χ4n) is 3.88. The van der Waals surface area contributed by atoms with E-state index in [-0.39, 0.29) is 11.4 Å². The Bertz CT molecular complexity index is 1210. The fraction of sp³-hybridized carbons (Fsp3) is 0.182. The smallest absolute Gasteiger partial charge is 0.255 e. The summed E-state index contributed by atoms with van der Waals surface area (Å²) in [5, 5.41) is 1.01. The Kier molecular flexibility index (Phi) is 4.06. The van der Waals surface area contributed by atoms with E-state index in [1.165, 1.54) is 12.1 Å². The second kappa shape index (κ2) is 6.73. The minimum Gasteiger partial charge on any atom is -0.361 e. The molecule has 5 nitrogen and oxygen atoms in total. The summed E-state index contributed by atoms with van der Waals surface area (Å²) >= 11 is 0. The van der Waals surface area contributed by atoms with Crippen molar-refractivity contribution in [3.63, 3.8) is 0 Å². The first-order valence-corrected chi connectivity index (χ1v) is 9.33. The van der Waals surface area contributed by atoms with Gasteiger partial charge in [0.2, 0.25) is 0 Å². The first kappa shape index (κ1) is 16.9. The van der Waals surface area contributed by atoms with Gasteiger partial charge in [0.15, 0.2) is 0 Å². The molecule has 0 bridgehead atoms. The van der Waals surface area contributed by atoms with Crippen molar-refractivity contribution in [3.05, 3.63) is 87.7 Å². The maximum absolute atomic E-state index is 13.4. The van der Waals surface area contributed by atoms with E-state index in [2.05, 4.69) is 14.9 Å². The fourth-order valence-corrected chi connectivity index (χ4v) is 3.88. The van der Waals surface area contributed by atoms with E-state index in [4.69, 9.17) is 4.98 Å². The molecule has 2 aromatic carbocycles. The van der Waals surface area contributed by atoms with Gasteiger partial charge < -0.3 is 9.97 Å². The van der Waals surface area contributed by atoms with Crippen molar-refractivity contribution < 1.29 is 4.39 Å². The zero-order valence-electron chi connectivity index (χ0n) is 15.2. The van der Waals surface area contributed by atoms with Crippen LogP contribution >= 0.6 is 0 Å². The molecule has 0 saturated heterocycles. The van der Waals surface area contributed by atoms with E-state index in [1.807, 2.05) is 36.5 Å². The summed E-state index contributed by atoms with van der Waals surface area (Å²) in [4.78, 5) is 25.7. The Morgan fingerprint density at radius 1 is 1.14 bits per heavy atom. The standard InChI is InChI=1S/C22H19FN4O/c23-16-6-7-17-15(11-24-20(17)10-16)12-27-9-8-19-18(13-27)22(28)26-21(25-19)14-4-2-1-3-5-14/h1-7,10-11,24H,8-9,12-13H2,(H,25,26,28). The molecule has 3 heterocycles. The van der Waals surface area contributed by atoms with Gasteiger partial charge in [-0.2, -0.15) is 0 Å². The molecule has 2 N–H and O–H groups in total. The monoisotopic (exact) mass is 374 g/mol. The number of H-pyrrole nitrogens is 2. The molecule has 2 aromatic heterocycles. The van der Waals surface area contributed by atoms with Crippen LogP contribution in [-0.2, 0) is 19.5 Å². The second-order valence-corrected chi connectivity index (χ2v) is 7.17. The first-order valence-electron chi connectivity index (χ1n) is 9.33. The van der Waals surface area contributed by atoms with Gasteiger partial charge in [-0.3, -0.25) is 9.69 Å². The van der Waals surface area contributed by atoms with Crippen LogP contribution in [0.15, 0.2) is 59.5 Å². The minimum absolute atomic E-state index is 0.0745. The summed E-state index contributed by atoms with van der Waals surface area (Å²) < 4.78 is 13.4. The average Bonchev–Trinajstić information content (AvgIpc) is 3.10. The van der Waals surface area contributed by atoms with Crippen LogP contribution in [0.5, 0.6) is 0 Å². The topological polar surface area (TPSA) is 64.8 Å². The van der Waals surface area contributed by atoms with Gasteiger partial charge in [0.1, 0.15) is 11.6 Å². The van der Waals surface area contributed by atoms with Crippen LogP contribution in [0.2, 0.25) is 0 Å². The molecule has 0 aliphatic carbocycles. The van der Waals surface area contributed by atoms with Crippen LogP contribution in [-0.4, -0.2) is 26.4 Å². The van der Waals surface area contributed by atoms with E-state index < -0.39 is 0 Å². The van der Waals surface area contributed by atoms with Crippen molar-refractivity contribution >= 4 is 10.9 Å². The number of aromatic nitrogens is 3. The molecule has 4 aromatic rings. The molecule has 6 heteroatoms. The Morgan fingerprint density at radius 2 is 2.00 bits per heavy atom. The van der Waals surface area contributed by atoms with Crippen molar-refractivity contribution in [2.75, 3.05) is 6.54 Å². The summed E-state index contributed by atoms with van der Waals surface area (Å²) in [6.07, 6.45) is 2.65. The second-order valence-electron chi connectivity index (χ2n) is 7.17. The van der Waals surface area contributed by atoms with Gasteiger partial charge in [-0.15, -0.1) is 0 Å². The number of nitrogens with one attached hydrogen (secondary N) is 2. The lowest BCUT2D eigenvalue weighted by Crippen LogP contribution is -2.35. The Hall–Kier alpha value is -3.25. The molecule has 0 fully saturated rings. The molecular weight excluding hydrogens is 355 g/mol. The highest BCUT2D eigenvalue weighted by Crippen LogP contribution is 2.24. The third-order valence-electron chi connectivity index (χ3n) is 5.32. The van der Waals surface area contributed by atoms with Crippen molar-refractivity contribution in [2.45, 2.75) is 19.5 Å². The molecule has 140 valence electrons.